The van der Waals surface area contributed by atoms with E-state index in [1.165, 1.54) is 11.1 Å². The van der Waals surface area contributed by atoms with E-state index in [0.29, 0.717) is 5.92 Å². The van der Waals surface area contributed by atoms with E-state index in [0.717, 1.165) is 37.8 Å². The minimum absolute atomic E-state index is 0.385. The molecule has 1 unspecified atom stereocenters. The zero-order chi connectivity index (χ0) is 14.7. The highest BCUT2D eigenvalue weighted by Gasteiger charge is 2.27. The smallest absolute Gasteiger partial charge is 0.231 e. The largest absolute Gasteiger partial charge is 0.339 e. The molecule has 21 heavy (non-hydrogen) atoms. The lowest BCUT2D eigenvalue weighted by molar-refractivity contribution is 0.329. The van der Waals surface area contributed by atoms with Crippen LogP contribution in [0.1, 0.15) is 36.5 Å². The van der Waals surface area contributed by atoms with Crippen molar-refractivity contribution in [2.75, 3.05) is 19.6 Å². The highest BCUT2D eigenvalue weighted by molar-refractivity contribution is 5.52. The van der Waals surface area contributed by atoms with E-state index in [-0.39, 0.29) is 0 Å². The molecule has 2 heterocycles. The fourth-order valence-corrected chi connectivity index (χ4v) is 2.89. The summed E-state index contributed by atoms with van der Waals surface area (Å²) in [6.07, 6.45) is 3.35. The molecule has 4 nitrogen and oxygen atoms in total. The fourth-order valence-electron chi connectivity index (χ4n) is 2.89. The molecule has 0 saturated carbocycles. The van der Waals surface area contributed by atoms with Crippen molar-refractivity contribution in [2.45, 2.75) is 26.2 Å². The van der Waals surface area contributed by atoms with E-state index in [1.54, 1.807) is 0 Å². The summed E-state index contributed by atoms with van der Waals surface area (Å²) in [5.41, 5.74) is 2.64. The average molecular weight is 283 g/mol. The SMILES string of the molecule is CC(=Cc1ccccc1)CN1CCC(c2nc(C)no2)C1. The Morgan fingerprint density at radius 2 is 2.19 bits per heavy atom. The van der Waals surface area contributed by atoms with Gasteiger partial charge in [-0.05, 0) is 32.4 Å². The van der Waals surface area contributed by atoms with Gasteiger partial charge in [0, 0.05) is 13.1 Å². The second-order valence-electron chi connectivity index (χ2n) is 5.80. The number of nitrogens with zero attached hydrogens (tertiary/aromatic N) is 3. The maximum atomic E-state index is 5.29. The predicted octanol–water partition coefficient (Wildman–Crippen LogP) is 3.27. The van der Waals surface area contributed by atoms with Gasteiger partial charge in [0.15, 0.2) is 5.82 Å². The van der Waals surface area contributed by atoms with E-state index in [9.17, 15) is 0 Å². The van der Waals surface area contributed by atoms with Crippen molar-refractivity contribution < 1.29 is 4.52 Å². The molecule has 2 aromatic rings. The molecule has 1 fully saturated rings. The second-order valence-corrected chi connectivity index (χ2v) is 5.80. The minimum atomic E-state index is 0.385. The van der Waals surface area contributed by atoms with E-state index in [2.05, 4.69) is 52.3 Å². The van der Waals surface area contributed by atoms with Gasteiger partial charge in [0.25, 0.3) is 0 Å². The molecule has 1 aliphatic rings. The van der Waals surface area contributed by atoms with Gasteiger partial charge in [0.2, 0.25) is 5.89 Å². The Bertz CT molecular complexity index is 618. The number of hydrogen-bond acceptors (Lipinski definition) is 4. The van der Waals surface area contributed by atoms with Crippen LogP contribution in [-0.2, 0) is 0 Å². The van der Waals surface area contributed by atoms with Gasteiger partial charge in [-0.2, -0.15) is 4.98 Å². The van der Waals surface area contributed by atoms with Crippen molar-refractivity contribution in [3.8, 4) is 0 Å². The van der Waals surface area contributed by atoms with Crippen molar-refractivity contribution >= 4 is 6.08 Å². The maximum Gasteiger partial charge on any atom is 0.231 e. The first-order valence-electron chi connectivity index (χ1n) is 7.45. The third-order valence-corrected chi connectivity index (χ3v) is 3.85. The second kappa shape index (κ2) is 6.22. The molecule has 0 amide bonds. The lowest BCUT2D eigenvalue weighted by Crippen LogP contribution is -2.22. The van der Waals surface area contributed by atoms with E-state index < -0.39 is 0 Å². The van der Waals surface area contributed by atoms with Crippen LogP contribution < -0.4 is 0 Å². The minimum Gasteiger partial charge on any atom is -0.339 e. The molecule has 1 atom stereocenters. The van der Waals surface area contributed by atoms with Crippen LogP contribution in [0.4, 0.5) is 0 Å². The zero-order valence-corrected chi connectivity index (χ0v) is 12.6. The Morgan fingerprint density at radius 1 is 1.38 bits per heavy atom. The monoisotopic (exact) mass is 283 g/mol. The van der Waals surface area contributed by atoms with Crippen molar-refractivity contribution in [1.82, 2.24) is 15.0 Å². The van der Waals surface area contributed by atoms with Crippen molar-refractivity contribution in [3.63, 3.8) is 0 Å². The molecular weight excluding hydrogens is 262 g/mol. The first kappa shape index (κ1) is 14.0. The highest BCUT2D eigenvalue weighted by atomic mass is 16.5. The summed E-state index contributed by atoms with van der Waals surface area (Å²) in [6, 6.07) is 10.5. The van der Waals surface area contributed by atoms with Gasteiger partial charge in [-0.3, -0.25) is 4.90 Å². The van der Waals surface area contributed by atoms with Crippen molar-refractivity contribution in [2.24, 2.45) is 0 Å². The maximum absolute atomic E-state index is 5.29. The lowest BCUT2D eigenvalue weighted by atomic mass is 10.1. The molecule has 0 spiro atoms. The number of likely N-dealkylation sites (tertiary alicyclic amines) is 1. The van der Waals surface area contributed by atoms with Gasteiger partial charge in [-0.25, -0.2) is 0 Å². The Labute approximate surface area is 125 Å². The first-order chi connectivity index (χ1) is 10.2. The fraction of sp³-hybridized carbons (Fsp3) is 0.412. The molecule has 0 radical (unpaired) electrons. The molecule has 0 aliphatic carbocycles. The van der Waals surface area contributed by atoms with Crippen LogP contribution >= 0.6 is 0 Å². The number of benzene rings is 1. The summed E-state index contributed by atoms with van der Waals surface area (Å²) in [6.45, 7) is 7.15. The number of rotatable bonds is 4. The molecule has 1 aliphatic heterocycles. The number of aromatic nitrogens is 2. The van der Waals surface area contributed by atoms with Crippen LogP contribution in [0.5, 0.6) is 0 Å². The molecule has 1 aromatic carbocycles. The topological polar surface area (TPSA) is 42.2 Å². The molecule has 1 aromatic heterocycles. The standard InChI is InChI=1S/C17H21N3O/c1-13(10-15-6-4-3-5-7-15)11-20-9-8-16(12-20)17-18-14(2)19-21-17/h3-7,10,16H,8-9,11-12H2,1-2H3. The summed E-state index contributed by atoms with van der Waals surface area (Å²) in [5.74, 6) is 1.90. The molecule has 3 rings (SSSR count). The van der Waals surface area contributed by atoms with Crippen molar-refractivity contribution in [3.05, 3.63) is 53.2 Å². The van der Waals surface area contributed by atoms with E-state index in [1.807, 2.05) is 13.0 Å². The average Bonchev–Trinajstić information content (AvgIpc) is 3.09. The van der Waals surface area contributed by atoms with Gasteiger partial charge in [-0.15, -0.1) is 0 Å². The van der Waals surface area contributed by atoms with Crippen LogP contribution in [0.25, 0.3) is 6.08 Å². The third-order valence-electron chi connectivity index (χ3n) is 3.85. The molecule has 110 valence electrons. The normalized spacial score (nSPS) is 20.1. The van der Waals surface area contributed by atoms with E-state index in [4.69, 9.17) is 4.52 Å². The number of aryl methyl sites for hydroxylation is 1. The van der Waals surface area contributed by atoms with Gasteiger partial charge >= 0.3 is 0 Å². The van der Waals surface area contributed by atoms with Crippen LogP contribution in [0.2, 0.25) is 0 Å². The van der Waals surface area contributed by atoms with Crippen LogP contribution in [0.3, 0.4) is 0 Å². The van der Waals surface area contributed by atoms with Gasteiger partial charge in [0.1, 0.15) is 0 Å². The van der Waals surface area contributed by atoms with Crippen LogP contribution in [0, 0.1) is 6.92 Å². The summed E-state index contributed by atoms with van der Waals surface area (Å²) >= 11 is 0. The Balaban J connectivity index is 1.58. The molecule has 0 bridgehead atoms. The molecular formula is C17H21N3O. The summed E-state index contributed by atoms with van der Waals surface area (Å²) in [7, 11) is 0. The Morgan fingerprint density at radius 3 is 2.90 bits per heavy atom. The van der Waals surface area contributed by atoms with Crippen LogP contribution in [-0.4, -0.2) is 34.7 Å². The zero-order valence-electron chi connectivity index (χ0n) is 12.6. The lowest BCUT2D eigenvalue weighted by Gasteiger charge is -2.15. The molecule has 1 saturated heterocycles. The number of hydrogen-bond donors (Lipinski definition) is 0. The Kier molecular flexibility index (Phi) is 4.15. The van der Waals surface area contributed by atoms with Crippen LogP contribution in [0.15, 0.2) is 40.4 Å². The predicted molar refractivity (Wildman–Crippen MR) is 82.9 cm³/mol. The van der Waals surface area contributed by atoms with Gasteiger partial charge < -0.3 is 4.52 Å². The quantitative estimate of drug-likeness (QED) is 0.863. The molecule has 4 heteroatoms. The van der Waals surface area contributed by atoms with E-state index >= 15 is 0 Å². The summed E-state index contributed by atoms with van der Waals surface area (Å²) in [4.78, 5) is 6.81. The molecule has 0 N–H and O–H groups in total. The summed E-state index contributed by atoms with van der Waals surface area (Å²) < 4.78 is 5.29. The van der Waals surface area contributed by atoms with Crippen molar-refractivity contribution in [1.29, 1.82) is 0 Å². The third kappa shape index (κ3) is 3.58. The first-order valence-corrected chi connectivity index (χ1v) is 7.45. The van der Waals surface area contributed by atoms with Gasteiger partial charge in [-0.1, -0.05) is 47.1 Å². The Hall–Kier alpha value is -1.94. The van der Waals surface area contributed by atoms with Gasteiger partial charge in [0.05, 0.1) is 5.92 Å². The summed E-state index contributed by atoms with van der Waals surface area (Å²) in [5, 5.41) is 3.89. The highest BCUT2D eigenvalue weighted by Crippen LogP contribution is 2.26.